The molecule has 2 rings (SSSR count). The minimum atomic E-state index is 0.644. The Morgan fingerprint density at radius 2 is 2.43 bits per heavy atom. The third-order valence-corrected chi connectivity index (χ3v) is 2.90. The first kappa shape index (κ1) is 9.36. The third kappa shape index (κ3) is 1.69. The highest BCUT2D eigenvalue weighted by molar-refractivity contribution is 7.13. The van der Waals surface area contributed by atoms with Crippen molar-refractivity contribution in [3.63, 3.8) is 0 Å². The van der Waals surface area contributed by atoms with Gasteiger partial charge in [-0.1, -0.05) is 0 Å². The van der Waals surface area contributed by atoms with Crippen molar-refractivity contribution in [1.82, 2.24) is 15.2 Å². The monoisotopic (exact) mass is 208 g/mol. The van der Waals surface area contributed by atoms with Crippen LogP contribution in [-0.4, -0.2) is 21.7 Å². The summed E-state index contributed by atoms with van der Waals surface area (Å²) in [5.74, 6) is 0. The SMILES string of the molecule is Cc1cn[nH]c1-c1nc(CCN)cs1. The van der Waals surface area contributed by atoms with Gasteiger partial charge in [0, 0.05) is 11.8 Å². The van der Waals surface area contributed by atoms with Crippen LogP contribution in [0.2, 0.25) is 0 Å². The molecule has 0 aliphatic heterocycles. The molecule has 0 unspecified atom stereocenters. The molecule has 0 spiro atoms. The Balaban J connectivity index is 2.29. The Morgan fingerprint density at radius 3 is 3.07 bits per heavy atom. The number of aromatic amines is 1. The van der Waals surface area contributed by atoms with Gasteiger partial charge in [0.2, 0.25) is 0 Å². The summed E-state index contributed by atoms with van der Waals surface area (Å²) in [6.45, 7) is 2.66. The van der Waals surface area contributed by atoms with E-state index in [1.807, 2.05) is 12.3 Å². The standard InChI is InChI=1S/C9H12N4S/c1-6-4-11-13-8(6)9-12-7(2-3-10)5-14-9/h4-5H,2-3,10H2,1H3,(H,11,13). The summed E-state index contributed by atoms with van der Waals surface area (Å²) in [5, 5.41) is 9.95. The molecule has 0 radical (unpaired) electrons. The van der Waals surface area contributed by atoms with Gasteiger partial charge in [0.25, 0.3) is 0 Å². The lowest BCUT2D eigenvalue weighted by molar-refractivity contribution is 0.935. The predicted octanol–water partition coefficient (Wildman–Crippen LogP) is 1.34. The number of nitrogens with zero attached hydrogens (tertiary/aromatic N) is 2. The molecule has 2 aromatic heterocycles. The van der Waals surface area contributed by atoms with Crippen LogP contribution >= 0.6 is 11.3 Å². The van der Waals surface area contributed by atoms with Gasteiger partial charge in [-0.3, -0.25) is 5.10 Å². The lowest BCUT2D eigenvalue weighted by Gasteiger charge is -1.92. The Bertz CT molecular complexity index is 418. The first-order valence-electron chi connectivity index (χ1n) is 4.46. The predicted molar refractivity (Wildman–Crippen MR) is 57.2 cm³/mol. The molecule has 5 heteroatoms. The summed E-state index contributed by atoms with van der Waals surface area (Å²) < 4.78 is 0. The van der Waals surface area contributed by atoms with Crippen molar-refractivity contribution in [3.05, 3.63) is 22.8 Å². The molecular weight excluding hydrogens is 196 g/mol. The molecule has 0 fully saturated rings. The molecular formula is C9H12N4S. The number of nitrogens with one attached hydrogen (secondary N) is 1. The lowest BCUT2D eigenvalue weighted by atomic mass is 10.3. The molecule has 0 aliphatic rings. The Labute approximate surface area is 86.2 Å². The number of hydrogen-bond donors (Lipinski definition) is 2. The van der Waals surface area contributed by atoms with Crippen LogP contribution < -0.4 is 5.73 Å². The van der Waals surface area contributed by atoms with Crippen molar-refractivity contribution in [1.29, 1.82) is 0 Å². The number of aryl methyl sites for hydroxylation is 1. The van der Waals surface area contributed by atoms with Gasteiger partial charge >= 0.3 is 0 Å². The number of H-pyrrole nitrogens is 1. The van der Waals surface area contributed by atoms with Crippen LogP contribution in [0.4, 0.5) is 0 Å². The number of nitrogens with two attached hydrogens (primary N) is 1. The second-order valence-corrected chi connectivity index (χ2v) is 3.97. The molecule has 0 atom stereocenters. The van der Waals surface area contributed by atoms with E-state index in [1.54, 1.807) is 17.5 Å². The zero-order valence-electron chi connectivity index (χ0n) is 7.95. The number of thiazole rings is 1. The fraction of sp³-hybridized carbons (Fsp3) is 0.333. The summed E-state index contributed by atoms with van der Waals surface area (Å²) in [7, 11) is 0. The third-order valence-electron chi connectivity index (χ3n) is 1.99. The van der Waals surface area contributed by atoms with Crippen LogP contribution in [0, 0.1) is 6.92 Å². The number of hydrogen-bond acceptors (Lipinski definition) is 4. The first-order valence-corrected chi connectivity index (χ1v) is 5.34. The Kier molecular flexibility index (Phi) is 2.60. The normalized spacial score (nSPS) is 10.7. The highest BCUT2D eigenvalue weighted by Crippen LogP contribution is 2.24. The van der Waals surface area contributed by atoms with E-state index in [0.717, 1.165) is 28.4 Å². The molecule has 0 aliphatic carbocycles. The van der Waals surface area contributed by atoms with Gasteiger partial charge in [-0.2, -0.15) is 5.10 Å². The van der Waals surface area contributed by atoms with Crippen molar-refractivity contribution in [3.8, 4) is 10.7 Å². The van der Waals surface area contributed by atoms with Gasteiger partial charge in [0.15, 0.2) is 0 Å². The highest BCUT2D eigenvalue weighted by Gasteiger charge is 2.08. The van der Waals surface area contributed by atoms with E-state index < -0.39 is 0 Å². The summed E-state index contributed by atoms with van der Waals surface area (Å²) in [6.07, 6.45) is 2.64. The van der Waals surface area contributed by atoms with Crippen LogP contribution in [0.15, 0.2) is 11.6 Å². The minimum absolute atomic E-state index is 0.644. The van der Waals surface area contributed by atoms with E-state index in [2.05, 4.69) is 15.2 Å². The minimum Gasteiger partial charge on any atom is -0.330 e. The second kappa shape index (κ2) is 3.89. The molecule has 4 nitrogen and oxygen atoms in total. The van der Waals surface area contributed by atoms with Crippen molar-refractivity contribution >= 4 is 11.3 Å². The topological polar surface area (TPSA) is 67.6 Å². The number of rotatable bonds is 3. The van der Waals surface area contributed by atoms with E-state index in [1.165, 1.54) is 0 Å². The fourth-order valence-electron chi connectivity index (χ4n) is 1.25. The smallest absolute Gasteiger partial charge is 0.141 e. The van der Waals surface area contributed by atoms with Gasteiger partial charge in [-0.05, 0) is 19.0 Å². The van der Waals surface area contributed by atoms with E-state index in [-0.39, 0.29) is 0 Å². The molecule has 14 heavy (non-hydrogen) atoms. The second-order valence-electron chi connectivity index (χ2n) is 3.11. The van der Waals surface area contributed by atoms with Crippen molar-refractivity contribution in [2.24, 2.45) is 5.73 Å². The van der Waals surface area contributed by atoms with Crippen molar-refractivity contribution in [2.75, 3.05) is 6.54 Å². The van der Waals surface area contributed by atoms with Gasteiger partial charge in [-0.25, -0.2) is 4.98 Å². The maximum atomic E-state index is 5.46. The first-order chi connectivity index (χ1) is 6.81. The van der Waals surface area contributed by atoms with Crippen LogP contribution in [0.1, 0.15) is 11.3 Å². The average molecular weight is 208 g/mol. The molecule has 0 amide bonds. The Hall–Kier alpha value is -1.20. The maximum absolute atomic E-state index is 5.46. The van der Waals surface area contributed by atoms with Crippen LogP contribution in [0.3, 0.4) is 0 Å². The maximum Gasteiger partial charge on any atom is 0.141 e. The number of aromatic nitrogens is 3. The van der Waals surface area contributed by atoms with Gasteiger partial charge in [0.05, 0.1) is 17.6 Å². The zero-order chi connectivity index (χ0) is 9.97. The average Bonchev–Trinajstić information content (AvgIpc) is 2.74. The van der Waals surface area contributed by atoms with Crippen LogP contribution in [0.5, 0.6) is 0 Å². The van der Waals surface area contributed by atoms with Gasteiger partial charge in [-0.15, -0.1) is 11.3 Å². The molecule has 0 bridgehead atoms. The van der Waals surface area contributed by atoms with E-state index in [4.69, 9.17) is 5.73 Å². The summed E-state index contributed by atoms with van der Waals surface area (Å²) in [4.78, 5) is 4.47. The van der Waals surface area contributed by atoms with Crippen molar-refractivity contribution in [2.45, 2.75) is 13.3 Å². The molecule has 2 heterocycles. The summed E-state index contributed by atoms with van der Waals surface area (Å²) in [6, 6.07) is 0. The van der Waals surface area contributed by atoms with Crippen molar-refractivity contribution < 1.29 is 0 Å². The van der Waals surface area contributed by atoms with E-state index >= 15 is 0 Å². The molecule has 74 valence electrons. The molecule has 2 aromatic rings. The van der Waals surface area contributed by atoms with E-state index in [9.17, 15) is 0 Å². The summed E-state index contributed by atoms with van der Waals surface area (Å²) in [5.41, 5.74) is 8.66. The molecule has 0 saturated heterocycles. The largest absolute Gasteiger partial charge is 0.330 e. The highest BCUT2D eigenvalue weighted by atomic mass is 32.1. The lowest BCUT2D eigenvalue weighted by Crippen LogP contribution is -2.02. The molecule has 0 saturated carbocycles. The van der Waals surface area contributed by atoms with E-state index in [0.29, 0.717) is 6.54 Å². The molecule has 3 N–H and O–H groups in total. The van der Waals surface area contributed by atoms with Crippen LogP contribution in [0.25, 0.3) is 10.7 Å². The summed E-state index contributed by atoms with van der Waals surface area (Å²) >= 11 is 1.62. The molecule has 0 aromatic carbocycles. The van der Waals surface area contributed by atoms with Gasteiger partial charge < -0.3 is 5.73 Å². The van der Waals surface area contributed by atoms with Gasteiger partial charge in [0.1, 0.15) is 5.01 Å². The zero-order valence-corrected chi connectivity index (χ0v) is 8.77. The fourth-order valence-corrected chi connectivity index (χ4v) is 2.16. The Morgan fingerprint density at radius 1 is 1.57 bits per heavy atom. The van der Waals surface area contributed by atoms with Crippen LogP contribution in [-0.2, 0) is 6.42 Å². The quantitative estimate of drug-likeness (QED) is 0.800.